The van der Waals surface area contributed by atoms with Gasteiger partial charge >= 0.3 is 0 Å². The van der Waals surface area contributed by atoms with Gasteiger partial charge in [-0.2, -0.15) is 5.10 Å². The molecule has 2 aromatic rings. The molecule has 1 atom stereocenters. The number of aryl methyl sites for hydroxylation is 2. The van der Waals surface area contributed by atoms with Crippen LogP contribution in [0.5, 0.6) is 0 Å². The van der Waals surface area contributed by atoms with Crippen molar-refractivity contribution in [3.8, 4) is 11.1 Å². The van der Waals surface area contributed by atoms with E-state index in [1.807, 2.05) is 11.7 Å². The molecule has 0 radical (unpaired) electrons. The molecule has 0 spiro atoms. The molecule has 0 saturated heterocycles. The molecule has 0 aliphatic rings. The summed E-state index contributed by atoms with van der Waals surface area (Å²) in [6.07, 6.45) is 5.36. The van der Waals surface area contributed by atoms with Gasteiger partial charge in [-0.25, -0.2) is 0 Å². The lowest BCUT2D eigenvalue weighted by atomic mass is 10.0. The number of benzene rings is 1. The molecule has 1 aromatic heterocycles. The van der Waals surface area contributed by atoms with E-state index in [-0.39, 0.29) is 0 Å². The lowest BCUT2D eigenvalue weighted by Crippen LogP contribution is -2.27. The molecule has 0 aliphatic carbocycles. The summed E-state index contributed by atoms with van der Waals surface area (Å²) < 4.78 is 1.92. The summed E-state index contributed by atoms with van der Waals surface area (Å²) >= 11 is 0. The van der Waals surface area contributed by atoms with Crippen molar-refractivity contribution in [2.45, 2.75) is 46.1 Å². The van der Waals surface area contributed by atoms with Crippen LogP contribution in [0.1, 0.15) is 38.4 Å². The van der Waals surface area contributed by atoms with E-state index in [9.17, 15) is 0 Å². The number of rotatable bonds is 7. The van der Waals surface area contributed by atoms with Gasteiger partial charge in [-0.15, -0.1) is 0 Å². The van der Waals surface area contributed by atoms with E-state index in [1.165, 1.54) is 22.4 Å². The largest absolute Gasteiger partial charge is 0.314 e. The lowest BCUT2D eigenvalue weighted by molar-refractivity contribution is 0.565. The maximum atomic E-state index is 4.58. The summed E-state index contributed by atoms with van der Waals surface area (Å²) in [5, 5.41) is 8.03. The molecule has 0 saturated carbocycles. The molecule has 1 N–H and O–H groups in total. The Hall–Kier alpha value is -1.61. The Labute approximate surface area is 128 Å². The minimum absolute atomic E-state index is 0.523. The minimum Gasteiger partial charge on any atom is -0.314 e. The Morgan fingerprint density at radius 3 is 2.52 bits per heavy atom. The molecular formula is C18H27N3. The Morgan fingerprint density at radius 2 is 1.90 bits per heavy atom. The number of likely N-dealkylation sites (N-methyl/N-ethyl adjacent to an activating group) is 1. The molecule has 1 unspecified atom stereocenters. The molecular weight excluding hydrogens is 258 g/mol. The zero-order chi connectivity index (χ0) is 15.2. The predicted octanol–water partition coefficient (Wildman–Crippen LogP) is 3.58. The van der Waals surface area contributed by atoms with Crippen LogP contribution in [0.2, 0.25) is 0 Å². The van der Waals surface area contributed by atoms with E-state index in [0.29, 0.717) is 6.04 Å². The molecule has 1 aromatic carbocycles. The standard InChI is InChI=1S/C18H27N3/c1-5-7-18-17(13-21(4)20-18)16-10-8-15(9-11-16)12-14(3)19-6-2/h8-11,13-14,19H,5-7,12H2,1-4H3. The highest BCUT2D eigenvalue weighted by molar-refractivity contribution is 5.65. The van der Waals surface area contributed by atoms with Crippen molar-refractivity contribution in [2.75, 3.05) is 6.54 Å². The van der Waals surface area contributed by atoms with Gasteiger partial charge < -0.3 is 5.32 Å². The Bertz CT molecular complexity index is 554. The van der Waals surface area contributed by atoms with E-state index >= 15 is 0 Å². The molecule has 21 heavy (non-hydrogen) atoms. The second-order valence-electron chi connectivity index (χ2n) is 5.77. The maximum Gasteiger partial charge on any atom is 0.0702 e. The first-order chi connectivity index (χ1) is 10.1. The zero-order valence-electron chi connectivity index (χ0n) is 13.7. The van der Waals surface area contributed by atoms with E-state index in [1.54, 1.807) is 0 Å². The van der Waals surface area contributed by atoms with Crippen molar-refractivity contribution in [1.29, 1.82) is 0 Å². The van der Waals surface area contributed by atoms with E-state index in [4.69, 9.17) is 0 Å². The van der Waals surface area contributed by atoms with Gasteiger partial charge in [-0.1, -0.05) is 44.5 Å². The number of hydrogen-bond donors (Lipinski definition) is 1. The number of hydrogen-bond acceptors (Lipinski definition) is 2. The third kappa shape index (κ3) is 4.18. The third-order valence-electron chi connectivity index (χ3n) is 3.75. The third-order valence-corrected chi connectivity index (χ3v) is 3.75. The van der Waals surface area contributed by atoms with Gasteiger partial charge in [0.25, 0.3) is 0 Å². The van der Waals surface area contributed by atoms with Gasteiger partial charge in [-0.3, -0.25) is 4.68 Å². The molecule has 0 aliphatic heterocycles. The van der Waals surface area contributed by atoms with Crippen LogP contribution < -0.4 is 5.32 Å². The number of aromatic nitrogens is 2. The number of nitrogens with one attached hydrogen (secondary N) is 1. The van der Waals surface area contributed by atoms with Crippen LogP contribution in [0.4, 0.5) is 0 Å². The predicted molar refractivity (Wildman–Crippen MR) is 89.5 cm³/mol. The summed E-state index contributed by atoms with van der Waals surface area (Å²) in [4.78, 5) is 0. The van der Waals surface area contributed by atoms with Gasteiger partial charge in [0.05, 0.1) is 5.69 Å². The zero-order valence-corrected chi connectivity index (χ0v) is 13.7. The molecule has 0 fully saturated rings. The van der Waals surface area contributed by atoms with Gasteiger partial charge in [0.2, 0.25) is 0 Å². The fourth-order valence-electron chi connectivity index (χ4n) is 2.79. The molecule has 0 amide bonds. The minimum atomic E-state index is 0.523. The van der Waals surface area contributed by atoms with Crippen LogP contribution in [0, 0.1) is 0 Å². The lowest BCUT2D eigenvalue weighted by Gasteiger charge is -2.12. The highest BCUT2D eigenvalue weighted by atomic mass is 15.2. The summed E-state index contributed by atoms with van der Waals surface area (Å²) in [5.74, 6) is 0. The first kappa shape index (κ1) is 15.8. The van der Waals surface area contributed by atoms with Crippen LogP contribution >= 0.6 is 0 Å². The number of nitrogens with zero attached hydrogens (tertiary/aromatic N) is 2. The SMILES string of the molecule is CCCc1nn(C)cc1-c1ccc(CC(C)NCC)cc1. The van der Waals surface area contributed by atoms with Crippen molar-refractivity contribution in [3.05, 3.63) is 41.7 Å². The van der Waals surface area contributed by atoms with Crippen molar-refractivity contribution >= 4 is 0 Å². The summed E-state index contributed by atoms with van der Waals surface area (Å²) in [6.45, 7) is 7.61. The fourth-order valence-corrected chi connectivity index (χ4v) is 2.79. The van der Waals surface area contributed by atoms with Crippen LogP contribution in [-0.2, 0) is 19.9 Å². The van der Waals surface area contributed by atoms with Crippen molar-refractivity contribution in [3.63, 3.8) is 0 Å². The molecule has 3 heteroatoms. The van der Waals surface area contributed by atoms with E-state index in [0.717, 1.165) is 25.8 Å². The fraction of sp³-hybridized carbons (Fsp3) is 0.500. The van der Waals surface area contributed by atoms with Crippen molar-refractivity contribution in [1.82, 2.24) is 15.1 Å². The molecule has 3 nitrogen and oxygen atoms in total. The average molecular weight is 285 g/mol. The van der Waals surface area contributed by atoms with Crippen LogP contribution in [0.3, 0.4) is 0 Å². The Balaban J connectivity index is 2.15. The smallest absolute Gasteiger partial charge is 0.0702 e. The van der Waals surface area contributed by atoms with Gasteiger partial charge in [-0.05, 0) is 37.4 Å². The van der Waals surface area contributed by atoms with E-state index < -0.39 is 0 Å². The summed E-state index contributed by atoms with van der Waals surface area (Å²) in [5.41, 5.74) is 5.12. The second-order valence-corrected chi connectivity index (χ2v) is 5.77. The Kier molecular flexibility index (Phi) is 5.57. The highest BCUT2D eigenvalue weighted by Gasteiger charge is 2.09. The maximum absolute atomic E-state index is 4.58. The van der Waals surface area contributed by atoms with Gasteiger partial charge in [0.15, 0.2) is 0 Å². The normalized spacial score (nSPS) is 12.6. The van der Waals surface area contributed by atoms with Crippen molar-refractivity contribution < 1.29 is 0 Å². The molecule has 2 rings (SSSR count). The summed E-state index contributed by atoms with van der Waals surface area (Å²) in [7, 11) is 2.00. The average Bonchev–Trinajstić information content (AvgIpc) is 2.81. The molecule has 0 bridgehead atoms. The van der Waals surface area contributed by atoms with Gasteiger partial charge in [0, 0.05) is 24.8 Å². The Morgan fingerprint density at radius 1 is 1.19 bits per heavy atom. The molecule has 1 heterocycles. The van der Waals surface area contributed by atoms with Crippen molar-refractivity contribution in [2.24, 2.45) is 7.05 Å². The molecule has 114 valence electrons. The quantitative estimate of drug-likeness (QED) is 0.842. The highest BCUT2D eigenvalue weighted by Crippen LogP contribution is 2.24. The topological polar surface area (TPSA) is 29.9 Å². The first-order valence-electron chi connectivity index (χ1n) is 7.99. The monoisotopic (exact) mass is 285 g/mol. The van der Waals surface area contributed by atoms with Crippen LogP contribution in [0.25, 0.3) is 11.1 Å². The van der Waals surface area contributed by atoms with Crippen LogP contribution in [-0.4, -0.2) is 22.4 Å². The summed E-state index contributed by atoms with van der Waals surface area (Å²) in [6, 6.07) is 9.46. The first-order valence-corrected chi connectivity index (χ1v) is 7.99. The second kappa shape index (κ2) is 7.41. The van der Waals surface area contributed by atoms with Crippen LogP contribution in [0.15, 0.2) is 30.5 Å². The van der Waals surface area contributed by atoms with Gasteiger partial charge in [0.1, 0.15) is 0 Å². The van der Waals surface area contributed by atoms with E-state index in [2.05, 4.69) is 61.6 Å².